The Kier molecular flexibility index (Phi) is 4.27. The highest BCUT2D eigenvalue weighted by atomic mass is 19.3. The Morgan fingerprint density at radius 3 is 2.68 bits per heavy atom. The number of hydrogen-bond acceptors (Lipinski definition) is 5. The Balaban J connectivity index is 1.62. The predicted molar refractivity (Wildman–Crippen MR) is 106 cm³/mol. The van der Waals surface area contributed by atoms with Gasteiger partial charge in [0.25, 0.3) is 0 Å². The van der Waals surface area contributed by atoms with Crippen LogP contribution in [-0.2, 0) is 19.5 Å². The Morgan fingerprint density at radius 2 is 1.87 bits per heavy atom. The molecule has 0 aliphatic heterocycles. The third-order valence-corrected chi connectivity index (χ3v) is 5.00. The van der Waals surface area contributed by atoms with E-state index in [2.05, 4.69) is 25.5 Å². The summed E-state index contributed by atoms with van der Waals surface area (Å²) in [5, 5.41) is 20.0. The van der Waals surface area contributed by atoms with Crippen LogP contribution in [0.1, 0.15) is 24.7 Å². The van der Waals surface area contributed by atoms with Crippen molar-refractivity contribution in [3.8, 4) is 11.3 Å². The van der Waals surface area contributed by atoms with E-state index in [1.54, 1.807) is 30.2 Å². The van der Waals surface area contributed by atoms with Gasteiger partial charge in [-0.3, -0.25) is 9.36 Å². The lowest BCUT2D eigenvalue weighted by molar-refractivity contribution is 0.0271. The second-order valence-corrected chi connectivity index (χ2v) is 7.24. The van der Waals surface area contributed by atoms with Crippen LogP contribution < -0.4 is 0 Å². The summed E-state index contributed by atoms with van der Waals surface area (Å²) >= 11 is 0. The lowest BCUT2D eigenvalue weighted by atomic mass is 10.0. The van der Waals surface area contributed by atoms with Gasteiger partial charge in [0.15, 0.2) is 5.65 Å². The number of benzene rings is 1. The van der Waals surface area contributed by atoms with Crippen molar-refractivity contribution in [1.82, 2.24) is 39.4 Å². The molecule has 0 atom stereocenters. The number of fused-ring (bicyclic) bond motifs is 2. The summed E-state index contributed by atoms with van der Waals surface area (Å²) in [4.78, 5) is 0. The average Bonchev–Trinajstić information content (AvgIpc) is 3.45. The molecule has 5 rings (SSSR count). The molecule has 4 heterocycles. The van der Waals surface area contributed by atoms with E-state index in [4.69, 9.17) is 0 Å². The second-order valence-electron chi connectivity index (χ2n) is 7.24. The second kappa shape index (κ2) is 6.89. The fourth-order valence-corrected chi connectivity index (χ4v) is 3.53. The molecule has 0 saturated carbocycles. The summed E-state index contributed by atoms with van der Waals surface area (Å²) in [5.74, 6) is -5.59. The minimum Gasteiger partial charge on any atom is -0.274 e. The van der Waals surface area contributed by atoms with Crippen molar-refractivity contribution in [2.24, 2.45) is 7.05 Å². The van der Waals surface area contributed by atoms with Gasteiger partial charge < -0.3 is 0 Å². The van der Waals surface area contributed by atoms with Gasteiger partial charge in [-0.25, -0.2) is 4.39 Å². The maximum Gasteiger partial charge on any atom is 0.336 e. The van der Waals surface area contributed by atoms with Gasteiger partial charge in [-0.15, -0.1) is 10.2 Å². The van der Waals surface area contributed by atoms with Gasteiger partial charge in [-0.1, -0.05) is 6.92 Å². The Morgan fingerprint density at radius 1 is 1.03 bits per heavy atom. The summed E-state index contributed by atoms with van der Waals surface area (Å²) in [6.07, 6.45) is 5.66. The highest BCUT2D eigenvalue weighted by Gasteiger charge is 2.43. The monoisotopic (exact) mass is 426 g/mol. The van der Waals surface area contributed by atoms with Gasteiger partial charge in [0, 0.05) is 31.5 Å². The third-order valence-electron chi connectivity index (χ3n) is 5.00. The molecular formula is C20H17F3N8. The van der Waals surface area contributed by atoms with Crippen LogP contribution in [-0.4, -0.2) is 39.4 Å². The van der Waals surface area contributed by atoms with Gasteiger partial charge in [-0.2, -0.15) is 28.6 Å². The molecule has 11 heteroatoms. The van der Waals surface area contributed by atoms with Gasteiger partial charge in [-0.05, 0) is 30.7 Å². The average molecular weight is 426 g/mol. The Bertz CT molecular complexity index is 1410. The van der Waals surface area contributed by atoms with E-state index in [9.17, 15) is 4.39 Å². The van der Waals surface area contributed by atoms with Crippen LogP contribution in [0.5, 0.6) is 0 Å². The van der Waals surface area contributed by atoms with E-state index >= 15 is 8.78 Å². The molecule has 0 aliphatic carbocycles. The maximum atomic E-state index is 15.4. The molecule has 1 aromatic carbocycles. The lowest BCUT2D eigenvalue weighted by Gasteiger charge is -2.15. The summed E-state index contributed by atoms with van der Waals surface area (Å²) in [6.45, 7) is 2.76. The number of alkyl halides is 2. The van der Waals surface area contributed by atoms with Crippen molar-refractivity contribution >= 4 is 16.6 Å². The molecule has 0 fully saturated rings. The smallest absolute Gasteiger partial charge is 0.274 e. The highest BCUT2D eigenvalue weighted by Crippen LogP contribution is 2.38. The summed E-state index contributed by atoms with van der Waals surface area (Å²) in [5.41, 5.74) is 0.693. The molecule has 158 valence electrons. The minimum absolute atomic E-state index is 0.00508. The molecule has 0 spiro atoms. The number of nitrogens with zero attached hydrogens (tertiary/aromatic N) is 8. The molecule has 0 aliphatic rings. The summed E-state index contributed by atoms with van der Waals surface area (Å²) < 4.78 is 49.9. The van der Waals surface area contributed by atoms with Gasteiger partial charge in [0.2, 0.25) is 5.82 Å². The number of aromatic nitrogens is 8. The standard InChI is InChI=1S/C20H17F3N8/c1-3-8-30-10-12(9-24-30)15-6-7-17-25-26-19(31(17)28-15)20(22,23)14-4-5-16-13(18(14)21)11-29(2)27-16/h4-7,9-11H,3,8H2,1-2H3. The van der Waals surface area contributed by atoms with Crippen molar-refractivity contribution < 1.29 is 13.2 Å². The fraction of sp³-hybridized carbons (Fsp3) is 0.250. The first-order valence-electron chi connectivity index (χ1n) is 9.64. The quantitative estimate of drug-likeness (QED) is 0.429. The Hall–Kier alpha value is -3.76. The fourth-order valence-electron chi connectivity index (χ4n) is 3.53. The van der Waals surface area contributed by atoms with Crippen LogP contribution in [0.2, 0.25) is 0 Å². The van der Waals surface area contributed by atoms with E-state index in [0.29, 0.717) is 11.3 Å². The first-order valence-corrected chi connectivity index (χ1v) is 9.64. The van der Waals surface area contributed by atoms with Crippen LogP contribution in [0.15, 0.2) is 42.9 Å². The zero-order valence-electron chi connectivity index (χ0n) is 16.7. The number of hydrogen-bond donors (Lipinski definition) is 0. The van der Waals surface area contributed by atoms with Crippen LogP contribution in [0.3, 0.4) is 0 Å². The molecule has 0 N–H and O–H groups in total. The van der Waals surface area contributed by atoms with Crippen molar-refractivity contribution in [3.63, 3.8) is 0 Å². The molecule has 5 aromatic rings. The number of aryl methyl sites for hydroxylation is 2. The summed E-state index contributed by atoms with van der Waals surface area (Å²) in [6, 6.07) is 5.56. The predicted octanol–water partition coefficient (Wildman–Crippen LogP) is 3.56. The molecular weight excluding hydrogens is 409 g/mol. The third kappa shape index (κ3) is 3.04. The van der Waals surface area contributed by atoms with E-state index in [1.165, 1.54) is 23.0 Å². The number of halogens is 3. The van der Waals surface area contributed by atoms with E-state index in [-0.39, 0.29) is 16.6 Å². The Labute approximate surface area is 173 Å². The van der Waals surface area contributed by atoms with Crippen LogP contribution in [0.4, 0.5) is 13.2 Å². The maximum absolute atomic E-state index is 15.4. The van der Waals surface area contributed by atoms with Crippen molar-refractivity contribution in [2.45, 2.75) is 25.8 Å². The zero-order valence-corrected chi connectivity index (χ0v) is 16.7. The van der Waals surface area contributed by atoms with E-state index in [1.807, 2.05) is 6.92 Å². The van der Waals surface area contributed by atoms with Crippen molar-refractivity contribution in [2.75, 3.05) is 0 Å². The SMILES string of the molecule is CCCn1cc(-c2ccc3nnc(C(F)(F)c4ccc5nn(C)cc5c4F)n3n2)cn1. The largest absolute Gasteiger partial charge is 0.336 e. The minimum atomic E-state index is -3.77. The molecule has 0 amide bonds. The molecule has 0 unspecified atom stereocenters. The van der Waals surface area contributed by atoms with Crippen LogP contribution >= 0.6 is 0 Å². The zero-order chi connectivity index (χ0) is 21.8. The highest BCUT2D eigenvalue weighted by molar-refractivity contribution is 5.80. The normalized spacial score (nSPS) is 12.3. The molecule has 31 heavy (non-hydrogen) atoms. The van der Waals surface area contributed by atoms with Crippen LogP contribution in [0.25, 0.3) is 27.8 Å². The van der Waals surface area contributed by atoms with Crippen LogP contribution in [0, 0.1) is 5.82 Å². The van der Waals surface area contributed by atoms with Gasteiger partial charge >= 0.3 is 5.92 Å². The number of rotatable bonds is 5. The molecule has 0 saturated heterocycles. The molecule has 8 nitrogen and oxygen atoms in total. The van der Waals surface area contributed by atoms with Crippen molar-refractivity contribution in [1.29, 1.82) is 0 Å². The van der Waals surface area contributed by atoms with E-state index in [0.717, 1.165) is 23.5 Å². The first-order chi connectivity index (χ1) is 14.9. The molecule has 0 bridgehead atoms. The van der Waals surface area contributed by atoms with E-state index < -0.39 is 23.1 Å². The lowest BCUT2D eigenvalue weighted by Crippen LogP contribution is -2.22. The van der Waals surface area contributed by atoms with Gasteiger partial charge in [0.1, 0.15) is 5.82 Å². The summed E-state index contributed by atoms with van der Waals surface area (Å²) in [7, 11) is 1.59. The first kappa shape index (κ1) is 19.2. The van der Waals surface area contributed by atoms with Crippen molar-refractivity contribution in [3.05, 3.63) is 60.1 Å². The topological polar surface area (TPSA) is 78.7 Å². The molecule has 4 aromatic heterocycles. The van der Waals surface area contributed by atoms with Gasteiger partial charge in [0.05, 0.1) is 28.4 Å². The molecule has 0 radical (unpaired) electrons.